The van der Waals surface area contributed by atoms with E-state index in [-0.39, 0.29) is 30.1 Å². The van der Waals surface area contributed by atoms with Gasteiger partial charge in [0, 0.05) is 19.1 Å². The average Bonchev–Trinajstić information content (AvgIpc) is 2.96. The Hall–Kier alpha value is -1.60. The Kier molecular flexibility index (Phi) is 4.69. The fourth-order valence-electron chi connectivity index (χ4n) is 2.03. The molecule has 1 fully saturated rings. The van der Waals surface area contributed by atoms with Crippen molar-refractivity contribution in [2.75, 3.05) is 13.1 Å². The van der Waals surface area contributed by atoms with Crippen molar-refractivity contribution in [2.24, 2.45) is 5.73 Å². The van der Waals surface area contributed by atoms with Crippen LogP contribution in [0, 0.1) is 10.1 Å². The van der Waals surface area contributed by atoms with Gasteiger partial charge < -0.3 is 15.1 Å². The summed E-state index contributed by atoms with van der Waals surface area (Å²) >= 11 is 0. The third-order valence-electron chi connectivity index (χ3n) is 2.89. The smallest absolute Gasteiger partial charge is 0.395 e. The molecule has 100 valence electrons. The number of amides is 1. The lowest BCUT2D eigenvalue weighted by atomic mass is 10.2. The number of carbonyl (C=O) groups is 1. The van der Waals surface area contributed by atoms with Gasteiger partial charge in [-0.1, -0.05) is 0 Å². The van der Waals surface area contributed by atoms with Gasteiger partial charge in [-0.25, -0.2) is 0 Å². The monoisotopic (exact) mass is 275 g/mol. The number of nitro groups is 1. The van der Waals surface area contributed by atoms with Crippen molar-refractivity contribution in [3.63, 3.8) is 0 Å². The molecule has 2 rings (SSSR count). The summed E-state index contributed by atoms with van der Waals surface area (Å²) in [5.74, 6) is -0.750. The van der Waals surface area contributed by atoms with E-state index in [2.05, 4.69) is 0 Å². The second-order valence-electron chi connectivity index (χ2n) is 3.93. The molecule has 1 atom stereocenters. The standard InChI is InChI=1S/C10H13N3O4.ClH/c11-6-7-2-1-5-12(7)10(14)8-3-4-9(17-8)13(15)16;/h3-4,7H,1-2,5-6,11H2;1H. The number of nitrogens with zero attached hydrogens (tertiary/aromatic N) is 2. The van der Waals surface area contributed by atoms with E-state index in [1.54, 1.807) is 4.90 Å². The Bertz CT molecular complexity index is 448. The Morgan fingerprint density at radius 3 is 2.89 bits per heavy atom. The molecule has 0 aliphatic carbocycles. The average molecular weight is 276 g/mol. The fourth-order valence-corrected chi connectivity index (χ4v) is 2.03. The van der Waals surface area contributed by atoms with Gasteiger partial charge in [-0.2, -0.15) is 0 Å². The lowest BCUT2D eigenvalue weighted by molar-refractivity contribution is -0.402. The second-order valence-corrected chi connectivity index (χ2v) is 3.93. The first-order valence-corrected chi connectivity index (χ1v) is 5.38. The van der Waals surface area contributed by atoms with Crippen LogP contribution in [-0.2, 0) is 0 Å². The highest BCUT2D eigenvalue weighted by Crippen LogP contribution is 2.22. The first kappa shape index (κ1) is 14.5. The van der Waals surface area contributed by atoms with Crippen molar-refractivity contribution in [3.05, 3.63) is 28.0 Å². The van der Waals surface area contributed by atoms with Crippen LogP contribution in [0.4, 0.5) is 5.88 Å². The van der Waals surface area contributed by atoms with E-state index in [1.807, 2.05) is 0 Å². The SMILES string of the molecule is Cl.NCC1CCCN1C(=O)c1ccc([N+](=O)[O-])o1. The van der Waals surface area contributed by atoms with Gasteiger partial charge in [-0.3, -0.25) is 14.9 Å². The molecular weight excluding hydrogens is 262 g/mol. The summed E-state index contributed by atoms with van der Waals surface area (Å²) < 4.78 is 4.88. The van der Waals surface area contributed by atoms with Crippen molar-refractivity contribution in [2.45, 2.75) is 18.9 Å². The molecule has 0 aromatic carbocycles. The van der Waals surface area contributed by atoms with Crippen LogP contribution in [0.15, 0.2) is 16.5 Å². The minimum Gasteiger partial charge on any atom is -0.395 e. The second kappa shape index (κ2) is 5.83. The molecule has 1 saturated heterocycles. The molecule has 18 heavy (non-hydrogen) atoms. The van der Waals surface area contributed by atoms with Crippen LogP contribution in [0.1, 0.15) is 23.4 Å². The van der Waals surface area contributed by atoms with Crippen molar-refractivity contribution in [1.29, 1.82) is 0 Å². The van der Waals surface area contributed by atoms with E-state index < -0.39 is 10.8 Å². The molecule has 1 aromatic heterocycles. The summed E-state index contributed by atoms with van der Waals surface area (Å²) in [6.45, 7) is 1.02. The van der Waals surface area contributed by atoms with E-state index in [1.165, 1.54) is 12.1 Å². The highest BCUT2D eigenvalue weighted by molar-refractivity contribution is 5.92. The quantitative estimate of drug-likeness (QED) is 0.659. The van der Waals surface area contributed by atoms with Gasteiger partial charge >= 0.3 is 5.88 Å². The Morgan fingerprint density at radius 1 is 1.61 bits per heavy atom. The molecule has 0 saturated carbocycles. The molecule has 0 spiro atoms. The van der Waals surface area contributed by atoms with Crippen molar-refractivity contribution in [3.8, 4) is 0 Å². The van der Waals surface area contributed by atoms with E-state index in [4.69, 9.17) is 10.2 Å². The third-order valence-corrected chi connectivity index (χ3v) is 2.89. The summed E-state index contributed by atoms with van der Waals surface area (Å²) in [6.07, 6.45) is 1.77. The number of rotatable bonds is 3. The largest absolute Gasteiger partial charge is 0.433 e. The molecule has 1 aromatic rings. The van der Waals surface area contributed by atoms with Crippen LogP contribution in [0.25, 0.3) is 0 Å². The lowest BCUT2D eigenvalue weighted by Crippen LogP contribution is -2.39. The van der Waals surface area contributed by atoms with E-state index in [9.17, 15) is 14.9 Å². The molecule has 0 bridgehead atoms. The topological polar surface area (TPSA) is 103 Å². The molecule has 7 nitrogen and oxygen atoms in total. The molecule has 0 radical (unpaired) electrons. The van der Waals surface area contributed by atoms with Gasteiger partial charge in [-0.15, -0.1) is 12.4 Å². The normalized spacial score (nSPS) is 18.5. The number of furan rings is 1. The highest BCUT2D eigenvalue weighted by Gasteiger charge is 2.30. The predicted octanol–water partition coefficient (Wildman–Crippen LogP) is 1.17. The Balaban J connectivity index is 0.00000162. The van der Waals surface area contributed by atoms with E-state index in [0.717, 1.165) is 12.8 Å². The molecule has 1 amide bonds. The van der Waals surface area contributed by atoms with Crippen LogP contribution in [0.2, 0.25) is 0 Å². The zero-order valence-corrected chi connectivity index (χ0v) is 10.4. The third kappa shape index (κ3) is 2.62. The zero-order chi connectivity index (χ0) is 12.4. The number of likely N-dealkylation sites (tertiary alicyclic amines) is 1. The lowest BCUT2D eigenvalue weighted by Gasteiger charge is -2.21. The van der Waals surface area contributed by atoms with Crippen LogP contribution < -0.4 is 5.73 Å². The first-order chi connectivity index (χ1) is 8.13. The maximum Gasteiger partial charge on any atom is 0.433 e. The number of carbonyl (C=O) groups excluding carboxylic acids is 1. The minimum absolute atomic E-state index is 0. The fraction of sp³-hybridized carbons (Fsp3) is 0.500. The molecule has 1 unspecified atom stereocenters. The van der Waals surface area contributed by atoms with Gasteiger partial charge in [0.1, 0.15) is 4.92 Å². The van der Waals surface area contributed by atoms with Crippen LogP contribution in [0.3, 0.4) is 0 Å². The van der Waals surface area contributed by atoms with Gasteiger partial charge in [0.2, 0.25) is 0 Å². The molecule has 8 heteroatoms. The van der Waals surface area contributed by atoms with Crippen LogP contribution >= 0.6 is 12.4 Å². The summed E-state index contributed by atoms with van der Waals surface area (Å²) in [4.78, 5) is 23.4. The van der Waals surface area contributed by atoms with Crippen molar-refractivity contribution < 1.29 is 14.1 Å². The number of hydrogen-bond donors (Lipinski definition) is 1. The van der Waals surface area contributed by atoms with Crippen molar-refractivity contribution >= 4 is 24.2 Å². The number of nitrogens with two attached hydrogens (primary N) is 1. The molecule has 2 N–H and O–H groups in total. The van der Waals surface area contributed by atoms with Crippen LogP contribution in [0.5, 0.6) is 0 Å². The maximum atomic E-state index is 12.0. The van der Waals surface area contributed by atoms with Gasteiger partial charge in [0.15, 0.2) is 5.76 Å². The Morgan fingerprint density at radius 2 is 2.33 bits per heavy atom. The zero-order valence-electron chi connectivity index (χ0n) is 9.57. The van der Waals surface area contributed by atoms with Gasteiger partial charge in [0.25, 0.3) is 5.91 Å². The molecular formula is C10H14ClN3O4. The molecule has 1 aliphatic heterocycles. The molecule has 2 heterocycles. The van der Waals surface area contributed by atoms with Gasteiger partial charge in [-0.05, 0) is 18.9 Å². The summed E-state index contributed by atoms with van der Waals surface area (Å²) in [5, 5.41) is 10.4. The van der Waals surface area contributed by atoms with Crippen LogP contribution in [-0.4, -0.2) is 34.9 Å². The van der Waals surface area contributed by atoms with Crippen molar-refractivity contribution in [1.82, 2.24) is 4.90 Å². The summed E-state index contributed by atoms with van der Waals surface area (Å²) in [5.41, 5.74) is 5.56. The molecule has 1 aliphatic rings. The van der Waals surface area contributed by atoms with E-state index >= 15 is 0 Å². The van der Waals surface area contributed by atoms with E-state index in [0.29, 0.717) is 13.1 Å². The maximum absolute atomic E-state index is 12.0. The number of halogens is 1. The Labute approximate surface area is 109 Å². The highest BCUT2D eigenvalue weighted by atomic mass is 35.5. The minimum atomic E-state index is -0.665. The predicted molar refractivity (Wildman–Crippen MR) is 65.7 cm³/mol. The summed E-state index contributed by atoms with van der Waals surface area (Å²) in [7, 11) is 0. The van der Waals surface area contributed by atoms with Gasteiger partial charge in [0.05, 0.1) is 6.07 Å². The first-order valence-electron chi connectivity index (χ1n) is 5.38. The number of hydrogen-bond acceptors (Lipinski definition) is 5. The summed E-state index contributed by atoms with van der Waals surface area (Å²) in [6, 6.07) is 2.51.